The normalized spacial score (nSPS) is 15.4. The Morgan fingerprint density at radius 2 is 1.75 bits per heavy atom. The van der Waals surface area contributed by atoms with Crippen molar-refractivity contribution in [1.29, 1.82) is 0 Å². The van der Waals surface area contributed by atoms with Crippen LogP contribution in [0.1, 0.15) is 24.2 Å². The second-order valence-corrected chi connectivity index (χ2v) is 7.60. The van der Waals surface area contributed by atoms with Crippen LogP contribution in [0.15, 0.2) is 53.1 Å². The minimum absolute atomic E-state index is 0.0740. The van der Waals surface area contributed by atoms with Gasteiger partial charge in [0.15, 0.2) is 0 Å². The summed E-state index contributed by atoms with van der Waals surface area (Å²) in [6.45, 7) is 2.93. The van der Waals surface area contributed by atoms with Gasteiger partial charge in [-0.2, -0.15) is 0 Å². The minimum atomic E-state index is 0.0740. The third-order valence-electron chi connectivity index (χ3n) is 5.23. The van der Waals surface area contributed by atoms with Gasteiger partial charge in [-0.05, 0) is 43.6 Å². The van der Waals surface area contributed by atoms with Gasteiger partial charge in [-0.25, -0.2) is 0 Å². The van der Waals surface area contributed by atoms with E-state index in [1.165, 1.54) is 0 Å². The second kappa shape index (κ2) is 9.55. The molecule has 28 heavy (non-hydrogen) atoms. The first-order chi connectivity index (χ1) is 13.5. The fraction of sp³-hybridized carbons (Fsp3) is 0.455. The highest BCUT2D eigenvalue weighted by Crippen LogP contribution is 2.19. The van der Waals surface area contributed by atoms with Gasteiger partial charge in [-0.1, -0.05) is 30.3 Å². The molecule has 0 N–H and O–H groups in total. The Balaban J connectivity index is 1.59. The van der Waals surface area contributed by atoms with Crippen LogP contribution in [0.5, 0.6) is 0 Å². The van der Waals surface area contributed by atoms with Crippen molar-refractivity contribution in [3.05, 3.63) is 60.1 Å². The molecule has 0 spiro atoms. The van der Waals surface area contributed by atoms with Gasteiger partial charge in [0.25, 0.3) is 0 Å². The number of rotatable bonds is 7. The quantitative estimate of drug-likeness (QED) is 0.738. The first kappa shape index (κ1) is 20.1. The number of likely N-dealkylation sites (tertiary alicyclic amines) is 1. The van der Waals surface area contributed by atoms with E-state index in [2.05, 4.69) is 4.90 Å². The van der Waals surface area contributed by atoms with E-state index in [4.69, 9.17) is 4.42 Å². The Morgan fingerprint density at radius 3 is 2.36 bits per heavy atom. The van der Waals surface area contributed by atoms with Crippen LogP contribution in [0.25, 0.3) is 0 Å². The molecule has 150 valence electrons. The third-order valence-corrected chi connectivity index (χ3v) is 5.23. The Bertz CT molecular complexity index is 751. The molecule has 0 unspecified atom stereocenters. The lowest BCUT2D eigenvalue weighted by Gasteiger charge is -2.33. The lowest BCUT2D eigenvalue weighted by Crippen LogP contribution is -2.45. The third kappa shape index (κ3) is 5.45. The van der Waals surface area contributed by atoms with Crippen LogP contribution in [0.2, 0.25) is 0 Å². The SMILES string of the molecule is CN(C)C(=O)C1CCN(CC(=O)N(Cc2ccccc2)Cc2ccco2)CC1. The fourth-order valence-electron chi connectivity index (χ4n) is 3.62. The van der Waals surface area contributed by atoms with Crippen molar-refractivity contribution in [2.45, 2.75) is 25.9 Å². The molecule has 2 heterocycles. The number of hydrogen-bond donors (Lipinski definition) is 0. The molecular weight excluding hydrogens is 354 g/mol. The van der Waals surface area contributed by atoms with Crippen molar-refractivity contribution >= 4 is 11.8 Å². The summed E-state index contributed by atoms with van der Waals surface area (Å²) in [6, 6.07) is 13.7. The van der Waals surface area contributed by atoms with Gasteiger partial charge in [-0.15, -0.1) is 0 Å². The van der Waals surface area contributed by atoms with Crippen LogP contribution in [0.3, 0.4) is 0 Å². The number of furan rings is 1. The zero-order valence-electron chi connectivity index (χ0n) is 16.7. The minimum Gasteiger partial charge on any atom is -0.467 e. The number of carbonyl (C=O) groups is 2. The maximum absolute atomic E-state index is 13.0. The van der Waals surface area contributed by atoms with Crippen molar-refractivity contribution in [3.8, 4) is 0 Å². The Kier molecular flexibility index (Phi) is 6.87. The molecule has 1 fully saturated rings. The van der Waals surface area contributed by atoms with Gasteiger partial charge in [-0.3, -0.25) is 14.5 Å². The summed E-state index contributed by atoms with van der Waals surface area (Å²) in [5.41, 5.74) is 1.10. The molecule has 0 radical (unpaired) electrons. The maximum atomic E-state index is 13.0. The van der Waals surface area contributed by atoms with Crippen LogP contribution in [-0.4, -0.2) is 60.2 Å². The summed E-state index contributed by atoms with van der Waals surface area (Å²) in [7, 11) is 3.60. The summed E-state index contributed by atoms with van der Waals surface area (Å²) in [6.07, 6.45) is 3.25. The van der Waals surface area contributed by atoms with E-state index in [1.807, 2.05) is 47.4 Å². The van der Waals surface area contributed by atoms with Gasteiger partial charge in [0.2, 0.25) is 11.8 Å². The number of benzene rings is 1. The molecule has 0 aliphatic carbocycles. The van der Waals surface area contributed by atoms with E-state index in [9.17, 15) is 9.59 Å². The molecule has 0 saturated carbocycles. The maximum Gasteiger partial charge on any atom is 0.237 e. The molecule has 2 amide bonds. The molecule has 0 atom stereocenters. The fourth-order valence-corrected chi connectivity index (χ4v) is 3.62. The molecule has 1 aliphatic rings. The number of hydrogen-bond acceptors (Lipinski definition) is 4. The van der Waals surface area contributed by atoms with Crippen molar-refractivity contribution in [2.75, 3.05) is 33.7 Å². The molecule has 1 aromatic carbocycles. The lowest BCUT2D eigenvalue weighted by molar-refractivity contribution is -0.136. The highest BCUT2D eigenvalue weighted by Gasteiger charge is 2.28. The first-order valence-corrected chi connectivity index (χ1v) is 9.80. The van der Waals surface area contributed by atoms with E-state index in [0.29, 0.717) is 19.6 Å². The van der Waals surface area contributed by atoms with Crippen molar-refractivity contribution in [3.63, 3.8) is 0 Å². The first-order valence-electron chi connectivity index (χ1n) is 9.80. The highest BCUT2D eigenvalue weighted by molar-refractivity contribution is 5.79. The zero-order chi connectivity index (χ0) is 19.9. The summed E-state index contributed by atoms with van der Waals surface area (Å²) in [4.78, 5) is 30.8. The van der Waals surface area contributed by atoms with Crippen LogP contribution in [0, 0.1) is 5.92 Å². The molecule has 6 nitrogen and oxygen atoms in total. The molecule has 2 aromatic rings. The second-order valence-electron chi connectivity index (χ2n) is 7.60. The molecule has 3 rings (SSSR count). The zero-order valence-corrected chi connectivity index (χ0v) is 16.7. The number of piperidine rings is 1. The van der Waals surface area contributed by atoms with Gasteiger partial charge < -0.3 is 14.2 Å². The molecule has 1 saturated heterocycles. The van der Waals surface area contributed by atoms with Crippen molar-refractivity contribution in [1.82, 2.24) is 14.7 Å². The molecular formula is C22H29N3O3. The summed E-state index contributed by atoms with van der Waals surface area (Å²) >= 11 is 0. The van der Waals surface area contributed by atoms with E-state index in [0.717, 1.165) is 37.3 Å². The summed E-state index contributed by atoms with van der Waals surface area (Å²) < 4.78 is 5.46. The smallest absolute Gasteiger partial charge is 0.237 e. The van der Waals surface area contributed by atoms with Crippen LogP contribution in [-0.2, 0) is 22.7 Å². The number of carbonyl (C=O) groups excluding carboxylic acids is 2. The Morgan fingerprint density at radius 1 is 1.04 bits per heavy atom. The number of amides is 2. The number of nitrogens with zero attached hydrogens (tertiary/aromatic N) is 3. The van der Waals surface area contributed by atoms with Gasteiger partial charge in [0.05, 0.1) is 19.4 Å². The highest BCUT2D eigenvalue weighted by atomic mass is 16.3. The van der Waals surface area contributed by atoms with E-state index in [1.54, 1.807) is 25.3 Å². The monoisotopic (exact) mass is 383 g/mol. The average Bonchev–Trinajstić information content (AvgIpc) is 3.21. The standard InChI is InChI=1S/C22H29N3O3/c1-23(2)22(27)19-10-12-24(13-11-19)17-21(26)25(16-20-9-6-14-28-20)15-18-7-4-3-5-8-18/h3-9,14,19H,10-13,15-17H2,1-2H3. The van der Waals surface area contributed by atoms with Crippen molar-refractivity contribution in [2.24, 2.45) is 5.92 Å². The molecule has 1 aliphatic heterocycles. The average molecular weight is 383 g/mol. The van der Waals surface area contributed by atoms with Crippen LogP contribution in [0.4, 0.5) is 0 Å². The Labute approximate surface area is 166 Å². The summed E-state index contributed by atoms with van der Waals surface area (Å²) in [5.74, 6) is 1.12. The van der Waals surface area contributed by atoms with Gasteiger partial charge >= 0.3 is 0 Å². The predicted octanol–water partition coefficient (Wildman–Crippen LogP) is 2.61. The lowest BCUT2D eigenvalue weighted by atomic mass is 9.95. The van der Waals surface area contributed by atoms with E-state index >= 15 is 0 Å². The molecule has 6 heteroatoms. The van der Waals surface area contributed by atoms with Gasteiger partial charge in [0.1, 0.15) is 5.76 Å². The van der Waals surface area contributed by atoms with Crippen molar-refractivity contribution < 1.29 is 14.0 Å². The largest absolute Gasteiger partial charge is 0.467 e. The van der Waals surface area contributed by atoms with Crippen LogP contribution < -0.4 is 0 Å². The Hall–Kier alpha value is -2.60. The van der Waals surface area contributed by atoms with Gasteiger partial charge in [0, 0.05) is 26.6 Å². The molecule has 1 aromatic heterocycles. The summed E-state index contributed by atoms with van der Waals surface area (Å²) in [5, 5.41) is 0. The van der Waals surface area contributed by atoms with Crippen LogP contribution >= 0.6 is 0 Å². The molecule has 0 bridgehead atoms. The van der Waals surface area contributed by atoms with E-state index in [-0.39, 0.29) is 17.7 Å². The van der Waals surface area contributed by atoms with E-state index < -0.39 is 0 Å². The predicted molar refractivity (Wildman–Crippen MR) is 107 cm³/mol. The topological polar surface area (TPSA) is 57.0 Å².